The lowest BCUT2D eigenvalue weighted by atomic mass is 10.0. The van der Waals surface area contributed by atoms with Crippen molar-refractivity contribution in [2.75, 3.05) is 31.5 Å². The minimum atomic E-state index is -4.45. The molecular formula is C26H30F3N3S2. The fraction of sp³-hybridized carbons (Fsp3) is 0.423. The Kier molecular flexibility index (Phi) is 8.22. The summed E-state index contributed by atoms with van der Waals surface area (Å²) in [5.41, 5.74) is 1.47. The maximum absolute atomic E-state index is 14.0. The summed E-state index contributed by atoms with van der Waals surface area (Å²) in [6, 6.07) is 12.2. The van der Waals surface area contributed by atoms with Crippen molar-refractivity contribution in [3.63, 3.8) is 0 Å². The largest absolute Gasteiger partial charge is 0.417 e. The molecule has 1 aliphatic heterocycles. The van der Waals surface area contributed by atoms with Crippen LogP contribution in [0.3, 0.4) is 0 Å². The molecule has 0 saturated carbocycles. The Hall–Kier alpha value is -2.03. The van der Waals surface area contributed by atoms with E-state index >= 15 is 0 Å². The number of nitrogens with one attached hydrogen (secondary N) is 1. The zero-order valence-corrected chi connectivity index (χ0v) is 21.1. The Labute approximate surface area is 207 Å². The summed E-state index contributed by atoms with van der Waals surface area (Å²) in [4.78, 5) is 8.05. The first-order valence-corrected chi connectivity index (χ1v) is 13.4. The van der Waals surface area contributed by atoms with E-state index in [4.69, 9.17) is 0 Å². The van der Waals surface area contributed by atoms with Crippen LogP contribution in [0.5, 0.6) is 0 Å². The van der Waals surface area contributed by atoms with Crippen molar-refractivity contribution in [2.24, 2.45) is 0 Å². The summed E-state index contributed by atoms with van der Waals surface area (Å²) in [5.74, 6) is 0.230. The van der Waals surface area contributed by atoms with Gasteiger partial charge in [-0.25, -0.2) is 4.98 Å². The predicted octanol–water partition coefficient (Wildman–Crippen LogP) is 8.00. The molecule has 2 aromatic carbocycles. The van der Waals surface area contributed by atoms with Gasteiger partial charge in [0.05, 0.1) is 11.3 Å². The van der Waals surface area contributed by atoms with Gasteiger partial charge in [-0.05, 0) is 55.6 Å². The highest BCUT2D eigenvalue weighted by atomic mass is 32.2. The average molecular weight is 506 g/mol. The third-order valence-electron chi connectivity index (χ3n) is 6.00. The number of hydrogen-bond acceptors (Lipinski definition) is 5. The van der Waals surface area contributed by atoms with E-state index in [1.165, 1.54) is 48.4 Å². The lowest BCUT2D eigenvalue weighted by Gasteiger charge is -2.26. The van der Waals surface area contributed by atoms with Crippen molar-refractivity contribution in [3.05, 3.63) is 59.0 Å². The van der Waals surface area contributed by atoms with Crippen molar-refractivity contribution >= 4 is 28.2 Å². The third kappa shape index (κ3) is 6.34. The summed E-state index contributed by atoms with van der Waals surface area (Å²) in [6.07, 6.45) is -0.640. The first kappa shape index (κ1) is 25.1. The number of benzene rings is 2. The van der Waals surface area contributed by atoms with Gasteiger partial charge in [-0.15, -0.1) is 11.3 Å². The number of likely N-dealkylation sites (tertiary alicyclic amines) is 1. The van der Waals surface area contributed by atoms with Crippen LogP contribution < -0.4 is 5.32 Å². The van der Waals surface area contributed by atoms with Gasteiger partial charge in [0.2, 0.25) is 0 Å². The first-order valence-electron chi connectivity index (χ1n) is 11.7. The number of nitrogens with zero attached hydrogens (tertiary/aromatic N) is 2. The zero-order chi connectivity index (χ0) is 24.1. The fourth-order valence-electron chi connectivity index (χ4n) is 4.16. The third-order valence-corrected chi connectivity index (χ3v) is 7.97. The summed E-state index contributed by atoms with van der Waals surface area (Å²) in [6.45, 7) is 8.11. The van der Waals surface area contributed by atoms with Crippen molar-refractivity contribution in [3.8, 4) is 11.3 Å². The van der Waals surface area contributed by atoms with Crippen molar-refractivity contribution in [1.29, 1.82) is 0 Å². The highest BCUT2D eigenvalue weighted by Crippen LogP contribution is 2.43. The Morgan fingerprint density at radius 3 is 2.56 bits per heavy atom. The van der Waals surface area contributed by atoms with Crippen molar-refractivity contribution < 1.29 is 13.2 Å². The van der Waals surface area contributed by atoms with Crippen LogP contribution in [0.2, 0.25) is 0 Å². The summed E-state index contributed by atoms with van der Waals surface area (Å²) < 4.78 is 42.0. The molecule has 0 bridgehead atoms. The maximum Gasteiger partial charge on any atom is 0.417 e. The maximum atomic E-state index is 14.0. The summed E-state index contributed by atoms with van der Waals surface area (Å²) in [7, 11) is 0. The van der Waals surface area contributed by atoms with Gasteiger partial charge in [-0.1, -0.05) is 56.3 Å². The number of piperidine rings is 1. The standard InChI is InChI=1S/C26H30F3N3S2/c1-18(2)20-8-4-5-9-23(20)34-24-11-10-19(16-21(24)26(27,28)29)22-17-33-25(31-22)30-12-15-32-13-6-3-7-14-32/h4-5,8-11,16-18H,3,6-7,12-15H2,1-2H3,(H,30,31). The minimum absolute atomic E-state index is 0.208. The first-order chi connectivity index (χ1) is 16.3. The smallest absolute Gasteiger partial charge is 0.360 e. The van der Waals surface area contributed by atoms with E-state index in [9.17, 15) is 13.2 Å². The molecule has 0 unspecified atom stereocenters. The molecule has 0 aliphatic carbocycles. The van der Waals surface area contributed by atoms with Crippen LogP contribution in [-0.4, -0.2) is 36.1 Å². The molecule has 4 rings (SSSR count). The quantitative estimate of drug-likeness (QED) is 0.336. The average Bonchev–Trinajstić information content (AvgIpc) is 3.28. The molecular weight excluding hydrogens is 475 g/mol. The molecule has 1 saturated heterocycles. The van der Waals surface area contributed by atoms with Crippen molar-refractivity contribution in [1.82, 2.24) is 9.88 Å². The summed E-state index contributed by atoms with van der Waals surface area (Å²) >= 11 is 2.60. The van der Waals surface area contributed by atoms with Gasteiger partial charge in [-0.3, -0.25) is 0 Å². The molecule has 3 aromatic rings. The Balaban J connectivity index is 1.50. The second kappa shape index (κ2) is 11.1. The second-order valence-corrected chi connectivity index (χ2v) is 10.8. The van der Waals surface area contributed by atoms with Crippen LogP contribution in [0.4, 0.5) is 18.3 Å². The van der Waals surface area contributed by atoms with Crippen LogP contribution >= 0.6 is 23.1 Å². The zero-order valence-electron chi connectivity index (χ0n) is 19.5. The van der Waals surface area contributed by atoms with E-state index in [1.54, 1.807) is 12.1 Å². The van der Waals surface area contributed by atoms with E-state index < -0.39 is 11.7 Å². The molecule has 2 heterocycles. The molecule has 1 aromatic heterocycles. The Bertz CT molecular complexity index is 1090. The fourth-order valence-corrected chi connectivity index (χ4v) is 6.13. The van der Waals surface area contributed by atoms with Gasteiger partial charge in [0.1, 0.15) is 0 Å². The molecule has 8 heteroatoms. The van der Waals surface area contributed by atoms with E-state index in [-0.39, 0.29) is 10.8 Å². The minimum Gasteiger partial charge on any atom is -0.360 e. The van der Waals surface area contributed by atoms with Gasteiger partial charge in [0.25, 0.3) is 0 Å². The van der Waals surface area contributed by atoms with Gasteiger partial charge < -0.3 is 10.2 Å². The number of anilines is 1. The molecule has 3 nitrogen and oxygen atoms in total. The number of rotatable bonds is 8. The van der Waals surface area contributed by atoms with Gasteiger partial charge in [0.15, 0.2) is 5.13 Å². The number of halogens is 3. The van der Waals surface area contributed by atoms with Gasteiger partial charge >= 0.3 is 6.18 Å². The number of aromatic nitrogens is 1. The molecule has 34 heavy (non-hydrogen) atoms. The second-order valence-electron chi connectivity index (χ2n) is 8.87. The SMILES string of the molecule is CC(C)c1ccccc1Sc1ccc(-c2csc(NCCN3CCCCC3)n2)cc1C(F)(F)F. The van der Waals surface area contributed by atoms with Crippen LogP contribution in [0, 0.1) is 0 Å². The molecule has 182 valence electrons. The normalized spacial score (nSPS) is 15.1. The van der Waals surface area contributed by atoms with Gasteiger partial charge in [-0.2, -0.15) is 13.2 Å². The molecule has 0 amide bonds. The topological polar surface area (TPSA) is 28.2 Å². The molecule has 0 radical (unpaired) electrons. The molecule has 1 N–H and O–H groups in total. The lowest BCUT2D eigenvalue weighted by Crippen LogP contribution is -2.33. The predicted molar refractivity (Wildman–Crippen MR) is 136 cm³/mol. The molecule has 0 atom stereocenters. The van der Waals surface area contributed by atoms with E-state index in [0.717, 1.165) is 41.8 Å². The van der Waals surface area contributed by atoms with E-state index in [0.29, 0.717) is 11.3 Å². The van der Waals surface area contributed by atoms with Crippen LogP contribution in [0.1, 0.15) is 50.2 Å². The Morgan fingerprint density at radius 1 is 1.06 bits per heavy atom. The molecule has 0 spiro atoms. The van der Waals surface area contributed by atoms with Gasteiger partial charge in [0, 0.05) is 33.8 Å². The van der Waals surface area contributed by atoms with E-state index in [2.05, 4.69) is 15.2 Å². The number of thiazole rings is 1. The highest BCUT2D eigenvalue weighted by Gasteiger charge is 2.34. The molecule has 1 fully saturated rings. The van der Waals surface area contributed by atoms with Crippen molar-refractivity contribution in [2.45, 2.75) is 55.0 Å². The van der Waals surface area contributed by atoms with E-state index in [1.807, 2.05) is 43.5 Å². The highest BCUT2D eigenvalue weighted by molar-refractivity contribution is 7.99. The monoisotopic (exact) mass is 505 g/mol. The molecule has 1 aliphatic rings. The lowest BCUT2D eigenvalue weighted by molar-refractivity contribution is -0.139. The number of hydrogen-bond donors (Lipinski definition) is 1. The Morgan fingerprint density at radius 2 is 1.82 bits per heavy atom. The number of alkyl halides is 3. The summed E-state index contributed by atoms with van der Waals surface area (Å²) in [5, 5.41) is 5.89. The van der Waals surface area contributed by atoms with Crippen LogP contribution in [-0.2, 0) is 6.18 Å². The van der Waals surface area contributed by atoms with Crippen LogP contribution in [0.15, 0.2) is 57.6 Å². The van der Waals surface area contributed by atoms with Crippen LogP contribution in [0.25, 0.3) is 11.3 Å².